The minimum atomic E-state index is 0.738. The second-order valence-corrected chi connectivity index (χ2v) is 15.8. The number of nitrogens with zero attached hydrogens (tertiary/aromatic N) is 6. The summed E-state index contributed by atoms with van der Waals surface area (Å²) in [5, 5.41) is 0. The van der Waals surface area contributed by atoms with E-state index >= 15 is 0 Å². The van der Waals surface area contributed by atoms with Gasteiger partial charge < -0.3 is 9.47 Å². The number of fused-ring (bicyclic) bond motifs is 6. The summed E-state index contributed by atoms with van der Waals surface area (Å²) in [7, 11) is 0. The van der Waals surface area contributed by atoms with Crippen LogP contribution in [-0.4, -0.2) is 19.1 Å². The van der Waals surface area contributed by atoms with Gasteiger partial charge in [0, 0.05) is 22.5 Å². The lowest BCUT2D eigenvalue weighted by molar-refractivity contribution is 0.477. The van der Waals surface area contributed by atoms with Crippen LogP contribution in [0.4, 0.5) is 34.1 Å². The molecular weight excluding hydrogens is 789 g/mol. The van der Waals surface area contributed by atoms with Crippen LogP contribution in [0.2, 0.25) is 0 Å². The molecule has 0 atom stereocenters. The Morgan fingerprint density at radius 2 is 0.578 bits per heavy atom. The Morgan fingerprint density at radius 1 is 0.297 bits per heavy atom. The zero-order valence-electron chi connectivity index (χ0n) is 34.3. The Labute approximate surface area is 368 Å². The third kappa shape index (κ3) is 5.42. The Bertz CT molecular complexity index is 3240. The average Bonchev–Trinajstić information content (AvgIpc) is 3.96. The number of aromatic nitrogens is 4. The van der Waals surface area contributed by atoms with Crippen molar-refractivity contribution in [3.63, 3.8) is 0 Å². The molecule has 0 unspecified atom stereocenters. The first-order valence-electron chi connectivity index (χ1n) is 21.3. The van der Waals surface area contributed by atoms with Crippen LogP contribution in [0.1, 0.15) is 0 Å². The molecule has 4 heterocycles. The lowest BCUT2D eigenvalue weighted by atomic mass is 10.0. The number of ether oxygens (including phenoxy) is 2. The van der Waals surface area contributed by atoms with Crippen molar-refractivity contribution in [3.8, 4) is 57.1 Å². The van der Waals surface area contributed by atoms with Crippen LogP contribution < -0.4 is 19.3 Å². The van der Waals surface area contributed by atoms with Crippen molar-refractivity contribution >= 4 is 56.2 Å². The van der Waals surface area contributed by atoms with Crippen LogP contribution in [0.5, 0.6) is 23.0 Å². The molecule has 0 bridgehead atoms. The van der Waals surface area contributed by atoms with E-state index in [2.05, 4.69) is 177 Å². The molecule has 8 heteroatoms. The van der Waals surface area contributed by atoms with E-state index < -0.39 is 0 Å². The van der Waals surface area contributed by atoms with E-state index in [1.165, 1.54) is 0 Å². The number of para-hydroxylation sites is 10. The summed E-state index contributed by atoms with van der Waals surface area (Å²) in [5.41, 5.74) is 12.4. The van der Waals surface area contributed by atoms with Crippen LogP contribution in [0.3, 0.4) is 0 Å². The largest absolute Gasteiger partial charge is 0.453 e. The first-order chi connectivity index (χ1) is 31.8. The van der Waals surface area contributed by atoms with E-state index in [0.29, 0.717) is 0 Å². The van der Waals surface area contributed by atoms with Gasteiger partial charge in [-0.2, -0.15) is 0 Å². The third-order valence-corrected chi connectivity index (χ3v) is 12.1. The highest BCUT2D eigenvalue weighted by Gasteiger charge is 2.39. The number of imidazole rings is 2. The molecule has 0 N–H and O–H groups in total. The monoisotopic (exact) mass is 824 g/mol. The molecule has 2 aromatic heterocycles. The molecule has 0 fully saturated rings. The molecule has 11 aromatic rings. The number of benzene rings is 9. The standard InChI is InChI=1S/C56H36N6O2/c1-5-21-37(22-6-1)55-57-49-51(59(55)39-25-9-3-10-26-39)54(62-43-31-15-19-35-47(43)64-48-36-20-16-32-44(48)62)50-52(60(40-27-11-4-12-28-40)56(58-50)38-23-7-2-8-24-38)53(49)61-41-29-13-17-33-45(41)63-46-34-18-14-30-42(46)61/h1-36H. The minimum Gasteiger partial charge on any atom is -0.453 e. The molecule has 0 saturated heterocycles. The number of hydrogen-bond donors (Lipinski definition) is 0. The molecule has 9 aromatic carbocycles. The second-order valence-electron chi connectivity index (χ2n) is 15.8. The molecule has 8 nitrogen and oxygen atoms in total. The zero-order valence-corrected chi connectivity index (χ0v) is 34.3. The summed E-state index contributed by atoms with van der Waals surface area (Å²) in [4.78, 5) is 16.5. The van der Waals surface area contributed by atoms with Gasteiger partial charge in [-0.3, -0.25) is 18.9 Å². The molecule has 2 aliphatic rings. The van der Waals surface area contributed by atoms with E-state index in [1.807, 2.05) is 60.7 Å². The fourth-order valence-corrected chi connectivity index (χ4v) is 9.37. The van der Waals surface area contributed by atoms with Gasteiger partial charge in [0.05, 0.1) is 22.7 Å². The van der Waals surface area contributed by atoms with Crippen LogP contribution in [0.15, 0.2) is 218 Å². The van der Waals surface area contributed by atoms with E-state index in [9.17, 15) is 0 Å². The average molecular weight is 825 g/mol. The van der Waals surface area contributed by atoms with Crippen molar-refractivity contribution < 1.29 is 9.47 Å². The predicted molar refractivity (Wildman–Crippen MR) is 256 cm³/mol. The van der Waals surface area contributed by atoms with Crippen molar-refractivity contribution in [2.24, 2.45) is 0 Å². The summed E-state index contributed by atoms with van der Waals surface area (Å²) >= 11 is 0. The molecule has 0 amide bonds. The predicted octanol–water partition coefficient (Wildman–Crippen LogP) is 14.8. The number of anilines is 6. The third-order valence-electron chi connectivity index (χ3n) is 12.1. The van der Waals surface area contributed by atoms with Crippen molar-refractivity contribution in [2.75, 3.05) is 9.80 Å². The number of hydrogen-bond acceptors (Lipinski definition) is 6. The van der Waals surface area contributed by atoms with Crippen LogP contribution in [-0.2, 0) is 0 Å². The Balaban J connectivity index is 1.33. The SMILES string of the molecule is c1ccc(-c2nc3c(N4c5ccccc5Oc5ccccc54)c4c(nc(-c5ccccc5)n4-c4ccccc4)c(N4c5ccccc5Oc5ccccc54)c3n2-c2ccccc2)cc1. The lowest BCUT2D eigenvalue weighted by Gasteiger charge is -2.36. The summed E-state index contributed by atoms with van der Waals surface area (Å²) in [6, 6.07) is 74.9. The normalized spacial score (nSPS) is 12.6. The van der Waals surface area contributed by atoms with Crippen molar-refractivity contribution in [3.05, 3.63) is 218 Å². The van der Waals surface area contributed by atoms with Gasteiger partial charge in [-0.25, -0.2) is 9.97 Å². The summed E-state index contributed by atoms with van der Waals surface area (Å²) < 4.78 is 18.0. The van der Waals surface area contributed by atoms with E-state index in [4.69, 9.17) is 19.4 Å². The molecule has 0 spiro atoms. The zero-order chi connectivity index (χ0) is 42.1. The fourth-order valence-electron chi connectivity index (χ4n) is 9.37. The van der Waals surface area contributed by atoms with E-state index in [0.717, 1.165) is 113 Å². The van der Waals surface area contributed by atoms with Gasteiger partial charge in [0.15, 0.2) is 23.0 Å². The molecule has 2 aliphatic heterocycles. The lowest BCUT2D eigenvalue weighted by Crippen LogP contribution is -2.20. The van der Waals surface area contributed by atoms with Gasteiger partial charge >= 0.3 is 0 Å². The van der Waals surface area contributed by atoms with Gasteiger partial charge in [0.25, 0.3) is 0 Å². The Kier molecular flexibility index (Phi) is 8.04. The maximum Gasteiger partial charge on any atom is 0.151 e. The Morgan fingerprint density at radius 3 is 0.906 bits per heavy atom. The van der Waals surface area contributed by atoms with E-state index in [1.54, 1.807) is 0 Å². The highest BCUT2D eigenvalue weighted by atomic mass is 16.5. The molecule has 13 rings (SSSR count). The van der Waals surface area contributed by atoms with Crippen LogP contribution in [0, 0.1) is 0 Å². The molecule has 0 radical (unpaired) electrons. The minimum absolute atomic E-state index is 0.738. The highest BCUT2D eigenvalue weighted by Crippen LogP contribution is 2.59. The molecular formula is C56H36N6O2. The van der Waals surface area contributed by atoms with Gasteiger partial charge in [-0.05, 0) is 72.8 Å². The van der Waals surface area contributed by atoms with Gasteiger partial charge in [-0.1, -0.05) is 146 Å². The topological polar surface area (TPSA) is 60.6 Å². The number of rotatable bonds is 6. The van der Waals surface area contributed by atoms with Crippen molar-refractivity contribution in [1.82, 2.24) is 19.1 Å². The quantitative estimate of drug-likeness (QED) is 0.166. The Hall–Kier alpha value is -8.88. The molecule has 64 heavy (non-hydrogen) atoms. The summed E-state index contributed by atoms with van der Waals surface area (Å²) in [6.07, 6.45) is 0. The second kappa shape index (κ2) is 14.4. The molecule has 0 aliphatic carbocycles. The van der Waals surface area contributed by atoms with Crippen LogP contribution in [0.25, 0.3) is 56.2 Å². The van der Waals surface area contributed by atoms with Gasteiger partial charge in [-0.15, -0.1) is 0 Å². The summed E-state index contributed by atoms with van der Waals surface area (Å²) in [5.74, 6) is 4.53. The maximum atomic E-state index is 6.70. The molecule has 302 valence electrons. The van der Waals surface area contributed by atoms with Gasteiger partial charge in [0.1, 0.15) is 45.1 Å². The fraction of sp³-hybridized carbons (Fsp3) is 0. The first-order valence-corrected chi connectivity index (χ1v) is 21.3. The van der Waals surface area contributed by atoms with Gasteiger partial charge in [0.2, 0.25) is 0 Å². The van der Waals surface area contributed by atoms with Crippen LogP contribution >= 0.6 is 0 Å². The molecule has 0 saturated carbocycles. The smallest absolute Gasteiger partial charge is 0.151 e. The summed E-state index contributed by atoms with van der Waals surface area (Å²) in [6.45, 7) is 0. The maximum absolute atomic E-state index is 6.70. The van der Waals surface area contributed by atoms with Crippen molar-refractivity contribution in [2.45, 2.75) is 0 Å². The highest BCUT2D eigenvalue weighted by molar-refractivity contribution is 6.22. The van der Waals surface area contributed by atoms with Crippen molar-refractivity contribution in [1.29, 1.82) is 0 Å². The van der Waals surface area contributed by atoms with E-state index in [-0.39, 0.29) is 0 Å². The first kappa shape index (κ1) is 35.8.